The minimum atomic E-state index is -0.940. The van der Waals surface area contributed by atoms with E-state index in [0.29, 0.717) is 12.2 Å². The van der Waals surface area contributed by atoms with Crippen LogP contribution in [0.25, 0.3) is 0 Å². The minimum absolute atomic E-state index is 0.267. The van der Waals surface area contributed by atoms with Crippen molar-refractivity contribution in [2.24, 2.45) is 0 Å². The average Bonchev–Trinajstić information content (AvgIpc) is 2.71. The van der Waals surface area contributed by atoms with Gasteiger partial charge in [0, 0.05) is 15.7 Å². The summed E-state index contributed by atoms with van der Waals surface area (Å²) in [5, 5.41) is 9.71. The van der Waals surface area contributed by atoms with Gasteiger partial charge < -0.3 is 5.11 Å². The van der Waals surface area contributed by atoms with E-state index in [1.807, 2.05) is 0 Å². The summed E-state index contributed by atoms with van der Waals surface area (Å²) in [6.45, 7) is 8.60. The van der Waals surface area contributed by atoms with Gasteiger partial charge in [0.15, 0.2) is 0 Å². The third kappa shape index (κ3) is 14.5. The molecule has 0 fully saturated rings. The fourth-order valence-corrected chi connectivity index (χ4v) is 3.59. The van der Waals surface area contributed by atoms with Gasteiger partial charge in [0.05, 0.1) is 13.9 Å². The van der Waals surface area contributed by atoms with E-state index in [2.05, 4.69) is 59.3 Å². The number of allylic oxidation sites excluding steroid dienone is 5. The van der Waals surface area contributed by atoms with Crippen molar-refractivity contribution in [1.82, 2.24) is 0 Å². The molecule has 1 N–H and O–H groups in total. The van der Waals surface area contributed by atoms with Gasteiger partial charge in [-0.05, 0) is 71.6 Å². The molecule has 164 valence electrons. The molecule has 0 amide bonds. The van der Waals surface area contributed by atoms with Gasteiger partial charge in [0.1, 0.15) is 0 Å². The molecule has 0 radical (unpaired) electrons. The molecule has 0 saturated heterocycles. The molecule has 6 heteroatoms. The first-order valence-electron chi connectivity index (χ1n) is 9.72. The molecule has 0 bridgehead atoms. The Balaban J connectivity index is 0. The summed E-state index contributed by atoms with van der Waals surface area (Å²) in [5.41, 5.74) is 4.41. The van der Waals surface area contributed by atoms with Gasteiger partial charge in [-0.15, -0.1) is 11.8 Å². The number of rotatable bonds is 10. The summed E-state index contributed by atoms with van der Waals surface area (Å²) < 4.78 is 14.9. The largest absolute Gasteiger partial charge is 0.478 e. The topological polar surface area (TPSA) is 37.3 Å². The average molecular weight is 463 g/mol. The van der Waals surface area contributed by atoms with Gasteiger partial charge in [-0.25, -0.2) is 4.79 Å². The van der Waals surface area contributed by atoms with Gasteiger partial charge in [0.25, 0.3) is 0 Å². The summed E-state index contributed by atoms with van der Waals surface area (Å²) in [7, 11) is 0.500. The Kier molecular flexibility index (Phi) is 17.0. The van der Waals surface area contributed by atoms with E-state index in [1.165, 1.54) is 34.5 Å². The van der Waals surface area contributed by atoms with Crippen LogP contribution in [-0.4, -0.2) is 25.1 Å². The van der Waals surface area contributed by atoms with Crippen LogP contribution in [0.3, 0.4) is 0 Å². The monoisotopic (exact) mass is 462 g/mol. The Morgan fingerprint density at radius 1 is 1.10 bits per heavy atom. The lowest BCUT2D eigenvalue weighted by atomic mass is 10.1. The van der Waals surface area contributed by atoms with Crippen LogP contribution in [0.2, 0.25) is 5.02 Å². The summed E-state index contributed by atoms with van der Waals surface area (Å²) in [6, 6.07) is 5.01. The maximum Gasteiger partial charge on any atom is 0.336 e. The van der Waals surface area contributed by atoms with Crippen molar-refractivity contribution in [2.45, 2.75) is 58.3 Å². The first-order chi connectivity index (χ1) is 14.3. The number of benzene rings is 1. The predicted molar refractivity (Wildman–Crippen MR) is 132 cm³/mol. The molecule has 2 nitrogen and oxygen atoms in total. The Morgan fingerprint density at radius 2 is 1.66 bits per heavy atom. The second-order valence-corrected chi connectivity index (χ2v) is 8.21. The molecule has 1 aromatic carbocycles. The third-order valence-corrected chi connectivity index (χ3v) is 5.20. The lowest BCUT2D eigenvalue weighted by molar-refractivity contribution is 0.0693. The summed E-state index contributed by atoms with van der Waals surface area (Å²) >= 11 is 10.2. The molecule has 0 aliphatic carbocycles. The zero-order chi connectivity index (χ0) is 23.5. The maximum atomic E-state index is 11.3. The van der Waals surface area contributed by atoms with E-state index in [9.17, 15) is 14.3 Å². The molecule has 1 aromatic rings. The normalized spacial score (nSPS) is 11.4. The van der Waals surface area contributed by atoms with E-state index in [0.717, 1.165) is 36.3 Å². The maximum absolute atomic E-state index is 11.3. The van der Waals surface area contributed by atoms with E-state index in [-0.39, 0.29) is 5.56 Å². The zero-order valence-corrected chi connectivity index (χ0v) is 20.4. The Bertz CT molecular complexity index is 715. The third-order valence-electron chi connectivity index (χ3n) is 3.97. The van der Waals surface area contributed by atoms with Crippen LogP contribution in [0, 0.1) is 0 Å². The highest BCUT2D eigenvalue weighted by molar-refractivity contribution is 7.99. The number of carbonyl (C=O) groups is 1. The number of carboxylic acids is 1. The number of thioether (sulfide) groups is 1. The highest BCUT2D eigenvalue weighted by atomic mass is 35.5. The van der Waals surface area contributed by atoms with Crippen molar-refractivity contribution in [3.05, 3.63) is 63.7 Å². The van der Waals surface area contributed by atoms with Crippen molar-refractivity contribution in [3.8, 4) is 0 Å². The fourth-order valence-electron chi connectivity index (χ4n) is 2.41. The highest BCUT2D eigenvalue weighted by Gasteiger charge is 2.10. The number of aromatic carboxylic acids is 1. The highest BCUT2D eigenvalue weighted by Crippen LogP contribution is 2.26. The smallest absolute Gasteiger partial charge is 0.336 e. The van der Waals surface area contributed by atoms with Crippen molar-refractivity contribution in [2.75, 3.05) is 12.9 Å². The van der Waals surface area contributed by atoms with Gasteiger partial charge >= 0.3 is 5.97 Å². The van der Waals surface area contributed by atoms with Gasteiger partial charge in [0.2, 0.25) is 0 Å². The first kappa shape index (κ1) is 27.8. The standard InChI is InChI=1S/C22H29ClO2S.CH3F.H2S/c1-16(2)7-5-8-17(3)9-6-10-18(4)13-14-26-21-12-11-19(23)15-20(21)22(24)25;1-2;/h7,9,11-13,15H,5-6,8,10,14H2,1-4H3,(H,24,25);1H3;1H2/b17-9+,18-13+;;/i/hT. The number of alkyl halides is 1. The lowest BCUT2D eigenvalue weighted by Crippen LogP contribution is -1.98. The van der Waals surface area contributed by atoms with Gasteiger partial charge in [-0.3, -0.25) is 4.39 Å². The molecule has 0 spiro atoms. The number of carboxylic acid groups (broad SMARTS) is 1. The second-order valence-electron chi connectivity index (χ2n) is 6.72. The SMILES string of the molecule is CC(C)=CCC/C(C)=C/CC/C(C)=C/CSc1ccc(Cl)cc1C(=O)O.CF.[3H]S. The molecule has 0 aromatic heterocycles. The van der Waals surface area contributed by atoms with Gasteiger partial charge in [-0.1, -0.05) is 46.5 Å². The van der Waals surface area contributed by atoms with Crippen molar-refractivity contribution < 1.29 is 14.3 Å². The molecule has 0 atom stereocenters. The molecular weight excluding hydrogens is 427 g/mol. The van der Waals surface area contributed by atoms with E-state index >= 15 is 0 Å². The van der Waals surface area contributed by atoms with Crippen LogP contribution in [0.15, 0.2) is 58.0 Å². The zero-order valence-electron chi connectivity index (χ0n) is 19.0. The number of hydrogen-bond donors (Lipinski definition) is 1. The molecule has 29 heavy (non-hydrogen) atoms. The first-order valence-corrected chi connectivity index (χ1v) is 10.6. The summed E-state index contributed by atoms with van der Waals surface area (Å²) in [4.78, 5) is 12.0. The number of halogens is 2. The second kappa shape index (κ2) is 17.7. The quantitative estimate of drug-likeness (QED) is 0.281. The van der Waals surface area contributed by atoms with Crippen LogP contribution in [0.5, 0.6) is 0 Å². The summed E-state index contributed by atoms with van der Waals surface area (Å²) in [5.74, 6) is -0.179. The molecule has 1 rings (SSSR count). The molecule has 0 saturated carbocycles. The van der Waals surface area contributed by atoms with Crippen LogP contribution in [0.4, 0.5) is 4.39 Å². The van der Waals surface area contributed by atoms with Crippen molar-refractivity contribution >= 4 is 42.7 Å². The molecule has 0 aliphatic rings. The van der Waals surface area contributed by atoms with E-state index in [4.69, 9.17) is 12.7 Å². The molecule has 0 aliphatic heterocycles. The molecular formula is C23H34ClFO2S2. The Morgan fingerprint density at radius 3 is 2.21 bits per heavy atom. The van der Waals surface area contributed by atoms with Crippen molar-refractivity contribution in [3.63, 3.8) is 0 Å². The van der Waals surface area contributed by atoms with E-state index in [1.54, 1.807) is 12.1 Å². The van der Waals surface area contributed by atoms with Crippen molar-refractivity contribution in [1.29, 1.82) is 1.12 Å². The number of hydrogen-bond acceptors (Lipinski definition) is 2. The predicted octanol–water partition coefficient (Wildman–Crippen LogP) is 8.25. The summed E-state index contributed by atoms with van der Waals surface area (Å²) in [6.07, 6.45) is 11.1. The molecule has 0 heterocycles. The lowest BCUT2D eigenvalue weighted by Gasteiger charge is -2.05. The van der Waals surface area contributed by atoms with Gasteiger partial charge in [-0.2, -0.15) is 13.4 Å². The Labute approximate surface area is 192 Å². The van der Waals surface area contributed by atoms with Crippen LogP contribution >= 0.6 is 36.8 Å². The van der Waals surface area contributed by atoms with E-state index < -0.39 is 5.97 Å². The van der Waals surface area contributed by atoms with Crippen LogP contribution in [-0.2, 0) is 0 Å². The molecule has 0 unspecified atom stereocenters. The Hall–Kier alpha value is -1.17. The fraction of sp³-hybridized carbons (Fsp3) is 0.435. The minimum Gasteiger partial charge on any atom is -0.478 e. The van der Waals surface area contributed by atoms with Crippen LogP contribution < -0.4 is 0 Å². The van der Waals surface area contributed by atoms with Crippen LogP contribution in [0.1, 0.15) is 63.7 Å².